The molecule has 0 saturated heterocycles. The Morgan fingerprint density at radius 3 is 2.43 bits per heavy atom. The minimum absolute atomic E-state index is 0.719. The Labute approximate surface area is 135 Å². The molecule has 116 valence electrons. The number of hydrogen-bond donors (Lipinski definition) is 1. The lowest BCUT2D eigenvalue weighted by Crippen LogP contribution is -2.00. The van der Waals surface area contributed by atoms with Gasteiger partial charge in [-0.25, -0.2) is 4.98 Å². The highest BCUT2D eigenvalue weighted by molar-refractivity contribution is 5.39. The van der Waals surface area contributed by atoms with Crippen LogP contribution in [0.4, 0.5) is 5.82 Å². The summed E-state index contributed by atoms with van der Waals surface area (Å²) in [5, 5.41) is 3.28. The fraction of sp³-hybridized carbons (Fsp3) is 0.105. The van der Waals surface area contributed by atoms with Crippen molar-refractivity contribution in [1.82, 2.24) is 4.98 Å². The number of rotatable bonds is 6. The Hall–Kier alpha value is -3.01. The Kier molecular flexibility index (Phi) is 4.74. The zero-order valence-electron chi connectivity index (χ0n) is 12.9. The van der Waals surface area contributed by atoms with Gasteiger partial charge in [0.25, 0.3) is 0 Å². The van der Waals surface area contributed by atoms with E-state index in [2.05, 4.69) is 10.3 Å². The van der Waals surface area contributed by atoms with Crippen molar-refractivity contribution in [3.05, 3.63) is 78.5 Å². The van der Waals surface area contributed by atoms with Gasteiger partial charge in [0.05, 0.1) is 7.11 Å². The molecular weight excluding hydrogens is 288 g/mol. The summed E-state index contributed by atoms with van der Waals surface area (Å²) >= 11 is 0. The molecule has 0 atom stereocenters. The van der Waals surface area contributed by atoms with Crippen molar-refractivity contribution in [3.63, 3.8) is 0 Å². The van der Waals surface area contributed by atoms with E-state index < -0.39 is 0 Å². The molecule has 0 amide bonds. The summed E-state index contributed by atoms with van der Waals surface area (Å²) in [5.41, 5.74) is 1.16. The molecule has 1 heterocycles. The number of hydrogen-bond acceptors (Lipinski definition) is 4. The smallest absolute Gasteiger partial charge is 0.131 e. The van der Waals surface area contributed by atoms with Gasteiger partial charge in [0, 0.05) is 18.8 Å². The SMILES string of the molecule is COc1cccc(Oc2ccc(CNc3ccccn3)cc2)c1. The molecule has 1 N–H and O–H groups in total. The topological polar surface area (TPSA) is 43.4 Å². The molecular formula is C19H18N2O2. The van der Waals surface area contributed by atoms with Gasteiger partial charge in [-0.3, -0.25) is 0 Å². The summed E-state index contributed by atoms with van der Waals surface area (Å²) in [6, 6.07) is 21.3. The first-order valence-electron chi connectivity index (χ1n) is 7.39. The second-order valence-corrected chi connectivity index (χ2v) is 4.99. The lowest BCUT2D eigenvalue weighted by molar-refractivity contribution is 0.409. The van der Waals surface area contributed by atoms with Gasteiger partial charge in [-0.2, -0.15) is 0 Å². The van der Waals surface area contributed by atoms with Gasteiger partial charge in [0.15, 0.2) is 0 Å². The number of aromatic nitrogens is 1. The van der Waals surface area contributed by atoms with Crippen LogP contribution in [0.1, 0.15) is 5.56 Å². The lowest BCUT2D eigenvalue weighted by atomic mass is 10.2. The number of ether oxygens (including phenoxy) is 2. The van der Waals surface area contributed by atoms with Crippen molar-refractivity contribution in [2.45, 2.75) is 6.54 Å². The number of pyridine rings is 1. The van der Waals surface area contributed by atoms with E-state index in [1.165, 1.54) is 0 Å². The fourth-order valence-electron chi connectivity index (χ4n) is 2.14. The molecule has 23 heavy (non-hydrogen) atoms. The van der Waals surface area contributed by atoms with E-state index in [0.717, 1.165) is 35.2 Å². The van der Waals surface area contributed by atoms with E-state index in [9.17, 15) is 0 Å². The Balaban J connectivity index is 1.60. The third-order valence-corrected chi connectivity index (χ3v) is 3.34. The highest BCUT2D eigenvalue weighted by atomic mass is 16.5. The maximum Gasteiger partial charge on any atom is 0.131 e. The Morgan fingerprint density at radius 2 is 1.70 bits per heavy atom. The van der Waals surface area contributed by atoms with E-state index in [-0.39, 0.29) is 0 Å². The monoisotopic (exact) mass is 306 g/mol. The van der Waals surface area contributed by atoms with Crippen LogP contribution >= 0.6 is 0 Å². The van der Waals surface area contributed by atoms with Crippen molar-refractivity contribution in [3.8, 4) is 17.2 Å². The maximum atomic E-state index is 5.83. The van der Waals surface area contributed by atoms with Gasteiger partial charge in [-0.15, -0.1) is 0 Å². The van der Waals surface area contributed by atoms with E-state index in [0.29, 0.717) is 0 Å². The molecule has 0 unspecified atom stereocenters. The molecule has 0 spiro atoms. The largest absolute Gasteiger partial charge is 0.497 e. The Bertz CT molecular complexity index is 743. The lowest BCUT2D eigenvalue weighted by Gasteiger charge is -2.09. The third-order valence-electron chi connectivity index (χ3n) is 3.34. The van der Waals surface area contributed by atoms with Crippen LogP contribution in [0.2, 0.25) is 0 Å². The van der Waals surface area contributed by atoms with Crippen LogP contribution in [-0.2, 0) is 6.54 Å². The molecule has 0 bridgehead atoms. The first kappa shape index (κ1) is 14.9. The number of nitrogens with one attached hydrogen (secondary N) is 1. The highest BCUT2D eigenvalue weighted by Crippen LogP contribution is 2.25. The van der Waals surface area contributed by atoms with Gasteiger partial charge in [-0.1, -0.05) is 24.3 Å². The zero-order chi connectivity index (χ0) is 15.9. The van der Waals surface area contributed by atoms with Crippen LogP contribution in [-0.4, -0.2) is 12.1 Å². The summed E-state index contributed by atoms with van der Waals surface area (Å²) < 4.78 is 11.0. The molecule has 2 aromatic carbocycles. The van der Waals surface area contributed by atoms with Gasteiger partial charge in [-0.05, 0) is 42.0 Å². The van der Waals surface area contributed by atoms with Crippen molar-refractivity contribution in [2.24, 2.45) is 0 Å². The van der Waals surface area contributed by atoms with E-state index in [1.807, 2.05) is 66.7 Å². The second-order valence-electron chi connectivity index (χ2n) is 4.99. The van der Waals surface area contributed by atoms with Crippen LogP contribution in [0.25, 0.3) is 0 Å². The van der Waals surface area contributed by atoms with Crippen molar-refractivity contribution >= 4 is 5.82 Å². The summed E-state index contributed by atoms with van der Waals surface area (Å²) in [7, 11) is 1.64. The predicted molar refractivity (Wildman–Crippen MR) is 91.1 cm³/mol. The molecule has 0 aliphatic carbocycles. The molecule has 3 aromatic rings. The second kappa shape index (κ2) is 7.31. The molecule has 4 heteroatoms. The van der Waals surface area contributed by atoms with Crippen molar-refractivity contribution < 1.29 is 9.47 Å². The zero-order valence-corrected chi connectivity index (χ0v) is 12.9. The first-order valence-corrected chi connectivity index (χ1v) is 7.39. The van der Waals surface area contributed by atoms with Crippen molar-refractivity contribution in [2.75, 3.05) is 12.4 Å². The number of methoxy groups -OCH3 is 1. The molecule has 3 rings (SSSR count). The summed E-state index contributed by atoms with van der Waals surface area (Å²) in [6.45, 7) is 0.719. The third kappa shape index (κ3) is 4.23. The molecule has 0 aliphatic rings. The first-order chi connectivity index (χ1) is 11.3. The van der Waals surface area contributed by atoms with Gasteiger partial charge in [0.2, 0.25) is 0 Å². The predicted octanol–water partition coefficient (Wildman–Crippen LogP) is 4.49. The quantitative estimate of drug-likeness (QED) is 0.728. The van der Waals surface area contributed by atoms with Crippen LogP contribution in [0, 0.1) is 0 Å². The van der Waals surface area contributed by atoms with E-state index in [4.69, 9.17) is 9.47 Å². The Morgan fingerprint density at radius 1 is 0.870 bits per heavy atom. The van der Waals surface area contributed by atoms with E-state index >= 15 is 0 Å². The van der Waals surface area contributed by atoms with Crippen molar-refractivity contribution in [1.29, 1.82) is 0 Å². The molecule has 0 saturated carbocycles. The van der Waals surface area contributed by atoms with E-state index in [1.54, 1.807) is 13.3 Å². The summed E-state index contributed by atoms with van der Waals surface area (Å²) in [4.78, 5) is 4.24. The number of nitrogens with zero attached hydrogens (tertiary/aromatic N) is 1. The molecule has 0 radical (unpaired) electrons. The minimum Gasteiger partial charge on any atom is -0.497 e. The molecule has 1 aromatic heterocycles. The van der Waals surface area contributed by atoms with Crippen LogP contribution in [0.5, 0.6) is 17.2 Å². The average molecular weight is 306 g/mol. The maximum absolute atomic E-state index is 5.83. The molecule has 0 aliphatic heterocycles. The van der Waals surface area contributed by atoms with Gasteiger partial charge >= 0.3 is 0 Å². The standard InChI is InChI=1S/C19H18N2O2/c1-22-17-5-4-6-18(13-17)23-16-10-8-15(9-11-16)14-21-19-7-2-3-12-20-19/h2-13H,14H2,1H3,(H,20,21). The fourth-order valence-corrected chi connectivity index (χ4v) is 2.14. The van der Waals surface area contributed by atoms with Crippen LogP contribution < -0.4 is 14.8 Å². The minimum atomic E-state index is 0.719. The normalized spacial score (nSPS) is 10.1. The number of anilines is 1. The van der Waals surface area contributed by atoms with Gasteiger partial charge in [0.1, 0.15) is 23.1 Å². The van der Waals surface area contributed by atoms with Crippen LogP contribution in [0.3, 0.4) is 0 Å². The average Bonchev–Trinajstić information content (AvgIpc) is 2.62. The molecule has 0 fully saturated rings. The van der Waals surface area contributed by atoms with Crippen LogP contribution in [0.15, 0.2) is 72.9 Å². The molecule has 4 nitrogen and oxygen atoms in total. The summed E-state index contributed by atoms with van der Waals surface area (Å²) in [6.07, 6.45) is 1.77. The van der Waals surface area contributed by atoms with Gasteiger partial charge < -0.3 is 14.8 Å². The number of benzene rings is 2. The highest BCUT2D eigenvalue weighted by Gasteiger charge is 2.00. The summed E-state index contributed by atoms with van der Waals surface area (Å²) in [5.74, 6) is 3.19.